The molecule has 1 saturated carbocycles. The van der Waals surface area contributed by atoms with Gasteiger partial charge in [0.05, 0.1) is 5.25 Å². The quantitative estimate of drug-likeness (QED) is 0.722. The molecule has 0 aromatic rings. The molecule has 0 bridgehead atoms. The summed E-state index contributed by atoms with van der Waals surface area (Å²) in [5, 5.41) is 3.02. The molecule has 2 unspecified atom stereocenters. The van der Waals surface area contributed by atoms with Crippen molar-refractivity contribution in [2.45, 2.75) is 43.4 Å². The molecule has 102 valence electrons. The Morgan fingerprint density at radius 3 is 2.65 bits per heavy atom. The van der Waals surface area contributed by atoms with Crippen LogP contribution in [0.25, 0.3) is 0 Å². The standard InChI is InChI=1S/C12H26N2O2S/c1-13-8-5-9-14(2)11-6-4-7-12(10-11)17(3,15)16/h11-13H,4-10H2,1-3H3. The summed E-state index contributed by atoms with van der Waals surface area (Å²) in [4.78, 5) is 2.33. The molecule has 1 aliphatic carbocycles. The van der Waals surface area contributed by atoms with Gasteiger partial charge in [0.2, 0.25) is 0 Å². The van der Waals surface area contributed by atoms with Crippen LogP contribution in [0.1, 0.15) is 32.1 Å². The van der Waals surface area contributed by atoms with Gasteiger partial charge in [-0.3, -0.25) is 0 Å². The lowest BCUT2D eigenvalue weighted by atomic mass is 9.94. The van der Waals surface area contributed by atoms with Gasteiger partial charge in [-0.05, 0) is 52.9 Å². The highest BCUT2D eigenvalue weighted by atomic mass is 32.2. The van der Waals surface area contributed by atoms with Crippen LogP contribution in [0.2, 0.25) is 0 Å². The molecule has 0 aromatic heterocycles. The van der Waals surface area contributed by atoms with Gasteiger partial charge in [-0.1, -0.05) is 6.42 Å². The van der Waals surface area contributed by atoms with Crippen LogP contribution in [0.4, 0.5) is 0 Å². The Morgan fingerprint density at radius 2 is 2.06 bits per heavy atom. The molecular weight excluding hydrogens is 236 g/mol. The van der Waals surface area contributed by atoms with E-state index in [0.717, 1.165) is 45.2 Å². The molecule has 4 nitrogen and oxygen atoms in total. The number of nitrogens with one attached hydrogen (secondary N) is 1. The molecule has 0 heterocycles. The lowest BCUT2D eigenvalue weighted by molar-refractivity contribution is 0.191. The maximum Gasteiger partial charge on any atom is 0.150 e. The minimum atomic E-state index is -2.86. The zero-order chi connectivity index (χ0) is 12.9. The third kappa shape index (κ3) is 4.94. The first-order chi connectivity index (χ1) is 7.95. The van der Waals surface area contributed by atoms with E-state index in [0.29, 0.717) is 6.04 Å². The Kier molecular flexibility index (Phi) is 5.89. The van der Waals surface area contributed by atoms with Gasteiger partial charge in [-0.2, -0.15) is 0 Å². The zero-order valence-corrected chi connectivity index (χ0v) is 12.1. The normalized spacial score (nSPS) is 26.4. The second-order valence-electron chi connectivity index (χ2n) is 5.21. The van der Waals surface area contributed by atoms with Crippen molar-refractivity contribution in [3.63, 3.8) is 0 Å². The molecule has 0 radical (unpaired) electrons. The summed E-state index contributed by atoms with van der Waals surface area (Å²) in [6.45, 7) is 2.06. The molecule has 1 N–H and O–H groups in total. The first kappa shape index (κ1) is 14.9. The number of rotatable bonds is 6. The highest BCUT2D eigenvalue weighted by Gasteiger charge is 2.30. The van der Waals surface area contributed by atoms with E-state index < -0.39 is 9.84 Å². The predicted molar refractivity (Wildman–Crippen MR) is 72.1 cm³/mol. The van der Waals surface area contributed by atoms with Crippen molar-refractivity contribution < 1.29 is 8.42 Å². The number of hydrogen-bond acceptors (Lipinski definition) is 4. The van der Waals surface area contributed by atoms with E-state index in [-0.39, 0.29) is 5.25 Å². The van der Waals surface area contributed by atoms with Gasteiger partial charge in [0.1, 0.15) is 9.84 Å². The molecule has 0 amide bonds. The van der Waals surface area contributed by atoms with E-state index in [1.165, 1.54) is 6.26 Å². The summed E-state index contributed by atoms with van der Waals surface area (Å²) < 4.78 is 23.2. The maximum absolute atomic E-state index is 11.6. The molecule has 0 aromatic carbocycles. The Morgan fingerprint density at radius 1 is 1.35 bits per heavy atom. The summed E-state index contributed by atoms with van der Waals surface area (Å²) in [5.74, 6) is 0. The lowest BCUT2D eigenvalue weighted by Gasteiger charge is -2.34. The van der Waals surface area contributed by atoms with Gasteiger partial charge >= 0.3 is 0 Å². The topological polar surface area (TPSA) is 49.4 Å². The third-order valence-electron chi connectivity index (χ3n) is 3.76. The molecule has 2 atom stereocenters. The highest BCUT2D eigenvalue weighted by molar-refractivity contribution is 7.91. The van der Waals surface area contributed by atoms with Crippen LogP contribution in [-0.2, 0) is 9.84 Å². The average Bonchev–Trinajstić information content (AvgIpc) is 2.28. The summed E-state index contributed by atoms with van der Waals surface area (Å²) in [6, 6.07) is 0.445. The monoisotopic (exact) mass is 262 g/mol. The fourth-order valence-electron chi connectivity index (χ4n) is 2.60. The smallest absolute Gasteiger partial charge is 0.150 e. The minimum Gasteiger partial charge on any atom is -0.320 e. The molecule has 17 heavy (non-hydrogen) atoms. The Balaban J connectivity index is 2.43. The van der Waals surface area contributed by atoms with E-state index in [9.17, 15) is 8.42 Å². The van der Waals surface area contributed by atoms with Crippen molar-refractivity contribution in [1.82, 2.24) is 10.2 Å². The van der Waals surface area contributed by atoms with Crippen LogP contribution >= 0.6 is 0 Å². The van der Waals surface area contributed by atoms with Crippen LogP contribution in [0.3, 0.4) is 0 Å². The van der Waals surface area contributed by atoms with Crippen molar-refractivity contribution in [1.29, 1.82) is 0 Å². The highest BCUT2D eigenvalue weighted by Crippen LogP contribution is 2.26. The summed E-state index contributed by atoms with van der Waals surface area (Å²) >= 11 is 0. The van der Waals surface area contributed by atoms with E-state index in [2.05, 4.69) is 17.3 Å². The Hall–Kier alpha value is -0.130. The number of hydrogen-bond donors (Lipinski definition) is 1. The molecule has 5 heteroatoms. The van der Waals surface area contributed by atoms with Crippen molar-refractivity contribution in [2.24, 2.45) is 0 Å². The largest absolute Gasteiger partial charge is 0.320 e. The van der Waals surface area contributed by atoms with Gasteiger partial charge < -0.3 is 10.2 Å². The van der Waals surface area contributed by atoms with Gasteiger partial charge in [-0.15, -0.1) is 0 Å². The molecule has 1 aliphatic rings. The zero-order valence-electron chi connectivity index (χ0n) is 11.3. The third-order valence-corrected chi connectivity index (χ3v) is 5.40. The molecule has 1 fully saturated rings. The number of sulfone groups is 1. The van der Waals surface area contributed by atoms with Gasteiger partial charge in [-0.25, -0.2) is 8.42 Å². The molecule has 0 aliphatic heterocycles. The Labute approximate surface area is 106 Å². The fraction of sp³-hybridized carbons (Fsp3) is 1.00. The van der Waals surface area contributed by atoms with Crippen LogP contribution in [0.5, 0.6) is 0 Å². The van der Waals surface area contributed by atoms with E-state index >= 15 is 0 Å². The van der Waals surface area contributed by atoms with Crippen molar-refractivity contribution >= 4 is 9.84 Å². The second kappa shape index (κ2) is 6.71. The average molecular weight is 262 g/mol. The van der Waals surface area contributed by atoms with E-state index in [1.54, 1.807) is 0 Å². The molecular formula is C12H26N2O2S. The van der Waals surface area contributed by atoms with Crippen molar-refractivity contribution in [2.75, 3.05) is 33.4 Å². The fourth-order valence-corrected chi connectivity index (χ4v) is 3.76. The van der Waals surface area contributed by atoms with Gasteiger partial charge in [0.15, 0.2) is 0 Å². The van der Waals surface area contributed by atoms with Crippen LogP contribution in [0.15, 0.2) is 0 Å². The second-order valence-corrected chi connectivity index (χ2v) is 7.54. The predicted octanol–water partition coefficient (Wildman–Crippen LogP) is 0.884. The summed E-state index contributed by atoms with van der Waals surface area (Å²) in [7, 11) is 1.22. The molecule has 0 spiro atoms. The van der Waals surface area contributed by atoms with Crippen molar-refractivity contribution in [3.05, 3.63) is 0 Å². The maximum atomic E-state index is 11.6. The van der Waals surface area contributed by atoms with Crippen LogP contribution < -0.4 is 5.32 Å². The Bertz CT molecular complexity index is 316. The minimum absolute atomic E-state index is 0.118. The molecule has 1 rings (SSSR count). The molecule has 0 saturated heterocycles. The first-order valence-corrected chi connectivity index (χ1v) is 8.44. The van der Waals surface area contributed by atoms with E-state index in [1.807, 2.05) is 7.05 Å². The van der Waals surface area contributed by atoms with Crippen molar-refractivity contribution in [3.8, 4) is 0 Å². The van der Waals surface area contributed by atoms with Crippen LogP contribution in [0, 0.1) is 0 Å². The van der Waals surface area contributed by atoms with E-state index in [4.69, 9.17) is 0 Å². The van der Waals surface area contributed by atoms with Gasteiger partial charge in [0.25, 0.3) is 0 Å². The van der Waals surface area contributed by atoms with Gasteiger partial charge in [0, 0.05) is 12.3 Å². The van der Waals surface area contributed by atoms with Crippen LogP contribution in [-0.4, -0.2) is 58.1 Å². The SMILES string of the molecule is CNCCCN(C)C1CCCC(S(C)(=O)=O)C1. The summed E-state index contributed by atoms with van der Waals surface area (Å²) in [6.07, 6.45) is 6.34. The summed E-state index contributed by atoms with van der Waals surface area (Å²) in [5.41, 5.74) is 0. The lowest BCUT2D eigenvalue weighted by Crippen LogP contribution is -2.40. The first-order valence-electron chi connectivity index (χ1n) is 6.49. The number of nitrogens with zero attached hydrogens (tertiary/aromatic N) is 1.